The Labute approximate surface area is 150 Å². The second-order valence-electron chi connectivity index (χ2n) is 5.80. The molecule has 0 unspecified atom stereocenters. The maximum atomic E-state index is 12.1. The van der Waals surface area contributed by atoms with Gasteiger partial charge in [0.15, 0.2) is 0 Å². The van der Waals surface area contributed by atoms with E-state index in [2.05, 4.69) is 4.98 Å². The number of aromatic amines is 1. The minimum atomic E-state index is -0.510. The lowest BCUT2D eigenvalue weighted by Gasteiger charge is -2.13. The van der Waals surface area contributed by atoms with Gasteiger partial charge in [0.25, 0.3) is 5.56 Å². The number of H-pyrrole nitrogens is 1. The summed E-state index contributed by atoms with van der Waals surface area (Å²) < 4.78 is 12.6. The molecule has 26 heavy (non-hydrogen) atoms. The molecule has 0 bridgehead atoms. The van der Waals surface area contributed by atoms with E-state index in [0.717, 1.165) is 11.1 Å². The average molecular weight is 352 g/mol. The fourth-order valence-corrected chi connectivity index (χ4v) is 2.51. The Hall–Kier alpha value is -2.96. The number of rotatable bonds is 8. The molecule has 134 valence electrons. The molecule has 0 radical (unpaired) electrons. The quantitative estimate of drug-likeness (QED) is 0.676. The molecule has 0 spiro atoms. The highest BCUT2D eigenvalue weighted by Crippen LogP contribution is 2.05. The molecule has 3 rings (SSSR count). The van der Waals surface area contributed by atoms with Crippen LogP contribution in [0.4, 0.5) is 0 Å². The van der Waals surface area contributed by atoms with Gasteiger partial charge < -0.3 is 9.47 Å². The van der Waals surface area contributed by atoms with Crippen molar-refractivity contribution in [3.05, 3.63) is 104 Å². The maximum Gasteiger partial charge on any atom is 0.330 e. The van der Waals surface area contributed by atoms with Crippen LogP contribution in [0.1, 0.15) is 16.8 Å². The Kier molecular flexibility index (Phi) is 6.14. The van der Waals surface area contributed by atoms with Gasteiger partial charge in [-0.25, -0.2) is 4.79 Å². The Balaban J connectivity index is 1.64. The third-order valence-electron chi connectivity index (χ3n) is 3.81. The number of nitrogens with zero attached hydrogens (tertiary/aromatic N) is 1. The summed E-state index contributed by atoms with van der Waals surface area (Å²) in [7, 11) is 0. The lowest BCUT2D eigenvalue weighted by atomic mass is 10.2. The molecule has 1 heterocycles. The fraction of sp³-hybridized carbons (Fsp3) is 0.200. The molecule has 1 N–H and O–H groups in total. The summed E-state index contributed by atoms with van der Waals surface area (Å²) in [6.45, 7) is 0.945. The smallest absolute Gasteiger partial charge is 0.330 e. The zero-order valence-corrected chi connectivity index (χ0v) is 14.3. The van der Waals surface area contributed by atoms with Gasteiger partial charge in [-0.2, -0.15) is 0 Å². The van der Waals surface area contributed by atoms with Crippen LogP contribution in [0.5, 0.6) is 0 Å². The predicted molar refractivity (Wildman–Crippen MR) is 97.5 cm³/mol. The van der Waals surface area contributed by atoms with Crippen molar-refractivity contribution in [2.45, 2.75) is 26.6 Å². The highest BCUT2D eigenvalue weighted by atomic mass is 16.5. The maximum absolute atomic E-state index is 12.1. The van der Waals surface area contributed by atoms with E-state index < -0.39 is 11.2 Å². The van der Waals surface area contributed by atoms with Crippen LogP contribution in [0.2, 0.25) is 0 Å². The summed E-state index contributed by atoms with van der Waals surface area (Å²) in [5.74, 6) is 0. The molecular formula is C20H20N2O4. The number of benzene rings is 2. The summed E-state index contributed by atoms with van der Waals surface area (Å²) >= 11 is 0. The van der Waals surface area contributed by atoms with Crippen molar-refractivity contribution < 1.29 is 9.47 Å². The van der Waals surface area contributed by atoms with Gasteiger partial charge in [-0.1, -0.05) is 60.7 Å². The molecule has 6 heteroatoms. The lowest BCUT2D eigenvalue weighted by molar-refractivity contribution is 0.0485. The van der Waals surface area contributed by atoms with Crippen molar-refractivity contribution in [3.8, 4) is 0 Å². The molecule has 0 fully saturated rings. The van der Waals surface area contributed by atoms with Crippen LogP contribution in [0.25, 0.3) is 0 Å². The van der Waals surface area contributed by atoms with E-state index in [4.69, 9.17) is 9.47 Å². The topological polar surface area (TPSA) is 73.3 Å². The third kappa shape index (κ3) is 5.02. The first-order valence-corrected chi connectivity index (χ1v) is 8.29. The van der Waals surface area contributed by atoms with Crippen molar-refractivity contribution in [2.75, 3.05) is 0 Å². The second kappa shape index (κ2) is 8.94. The van der Waals surface area contributed by atoms with Crippen LogP contribution < -0.4 is 11.2 Å². The monoisotopic (exact) mass is 352 g/mol. The van der Waals surface area contributed by atoms with Crippen molar-refractivity contribution in [2.24, 2.45) is 0 Å². The molecule has 6 nitrogen and oxygen atoms in total. The normalized spacial score (nSPS) is 10.8. The van der Waals surface area contributed by atoms with Crippen molar-refractivity contribution in [1.82, 2.24) is 9.55 Å². The zero-order valence-electron chi connectivity index (χ0n) is 14.3. The molecule has 0 amide bonds. The van der Waals surface area contributed by atoms with Gasteiger partial charge in [0, 0.05) is 6.07 Å². The van der Waals surface area contributed by atoms with Gasteiger partial charge in [-0.05, 0) is 11.1 Å². The number of aromatic nitrogens is 2. The number of hydrogen-bond acceptors (Lipinski definition) is 4. The van der Waals surface area contributed by atoms with Crippen LogP contribution in [0.15, 0.2) is 76.3 Å². The van der Waals surface area contributed by atoms with Crippen molar-refractivity contribution >= 4 is 0 Å². The Bertz CT molecular complexity index is 933. The molecule has 0 aliphatic heterocycles. The SMILES string of the molecule is O=c1cc(COCc2ccccc2)n(COCc2ccccc2)c(=O)[nH]1. The van der Waals surface area contributed by atoms with E-state index in [0.29, 0.717) is 18.9 Å². The molecule has 0 aliphatic carbocycles. The molecule has 0 atom stereocenters. The Morgan fingerprint density at radius 3 is 1.96 bits per heavy atom. The highest BCUT2D eigenvalue weighted by Gasteiger charge is 2.07. The number of nitrogens with one attached hydrogen (secondary N) is 1. The van der Waals surface area contributed by atoms with Crippen molar-refractivity contribution in [3.63, 3.8) is 0 Å². The van der Waals surface area contributed by atoms with E-state index in [1.165, 1.54) is 10.6 Å². The van der Waals surface area contributed by atoms with Gasteiger partial charge in [-0.15, -0.1) is 0 Å². The van der Waals surface area contributed by atoms with Gasteiger partial charge in [0.05, 0.1) is 25.5 Å². The van der Waals surface area contributed by atoms with Crippen LogP contribution in [-0.2, 0) is 36.0 Å². The lowest BCUT2D eigenvalue weighted by Crippen LogP contribution is -2.33. The van der Waals surface area contributed by atoms with Gasteiger partial charge in [0.2, 0.25) is 0 Å². The zero-order chi connectivity index (χ0) is 18.2. The fourth-order valence-electron chi connectivity index (χ4n) is 2.51. The van der Waals surface area contributed by atoms with E-state index >= 15 is 0 Å². The molecule has 0 aliphatic rings. The van der Waals surface area contributed by atoms with Gasteiger partial charge in [0.1, 0.15) is 6.73 Å². The summed E-state index contributed by atoms with van der Waals surface area (Å²) in [4.78, 5) is 26.0. The number of hydrogen-bond donors (Lipinski definition) is 1. The van der Waals surface area contributed by atoms with E-state index in [-0.39, 0.29) is 13.3 Å². The first kappa shape index (κ1) is 17.8. The molecule has 3 aromatic rings. The van der Waals surface area contributed by atoms with Crippen molar-refractivity contribution in [1.29, 1.82) is 0 Å². The minimum absolute atomic E-state index is 0.0362. The molecule has 0 saturated carbocycles. The minimum Gasteiger partial charge on any atom is -0.371 e. The predicted octanol–water partition coefficient (Wildman–Crippen LogP) is 2.43. The van der Waals surface area contributed by atoms with E-state index in [1.54, 1.807) is 0 Å². The molecule has 2 aromatic carbocycles. The summed E-state index contributed by atoms with van der Waals surface area (Å²) in [5, 5.41) is 0. The number of ether oxygens (including phenoxy) is 2. The summed E-state index contributed by atoms with van der Waals surface area (Å²) in [5.41, 5.74) is 1.54. The Morgan fingerprint density at radius 2 is 1.35 bits per heavy atom. The highest BCUT2D eigenvalue weighted by molar-refractivity contribution is 5.14. The third-order valence-corrected chi connectivity index (χ3v) is 3.81. The van der Waals surface area contributed by atoms with Gasteiger partial charge >= 0.3 is 5.69 Å². The van der Waals surface area contributed by atoms with E-state index in [1.807, 2.05) is 60.7 Å². The first-order chi connectivity index (χ1) is 12.7. The first-order valence-electron chi connectivity index (χ1n) is 8.29. The van der Waals surface area contributed by atoms with E-state index in [9.17, 15) is 9.59 Å². The Morgan fingerprint density at radius 1 is 0.769 bits per heavy atom. The standard InChI is InChI=1S/C20H20N2O4/c23-19-11-18(14-25-12-16-7-3-1-4-8-16)22(20(24)21-19)15-26-13-17-9-5-2-6-10-17/h1-11H,12-15H2,(H,21,23,24). The second-order valence-corrected chi connectivity index (χ2v) is 5.80. The summed E-state index contributed by atoms with van der Waals surface area (Å²) in [6, 6.07) is 20.7. The largest absolute Gasteiger partial charge is 0.371 e. The van der Waals surface area contributed by atoms with Crippen LogP contribution in [0, 0.1) is 0 Å². The van der Waals surface area contributed by atoms with Gasteiger partial charge in [-0.3, -0.25) is 14.3 Å². The molecule has 0 saturated heterocycles. The van der Waals surface area contributed by atoms with Crippen LogP contribution >= 0.6 is 0 Å². The average Bonchev–Trinajstić information content (AvgIpc) is 2.65. The summed E-state index contributed by atoms with van der Waals surface area (Å²) in [6.07, 6.45) is 0. The van der Waals surface area contributed by atoms with Crippen LogP contribution in [0.3, 0.4) is 0 Å². The molecule has 1 aromatic heterocycles. The van der Waals surface area contributed by atoms with Crippen LogP contribution in [-0.4, -0.2) is 9.55 Å². The molecular weight excluding hydrogens is 332 g/mol.